The van der Waals surface area contributed by atoms with Gasteiger partial charge in [-0.1, -0.05) is 11.6 Å². The van der Waals surface area contributed by atoms with Crippen LogP contribution in [0.1, 0.15) is 0 Å². The van der Waals surface area contributed by atoms with E-state index in [9.17, 15) is 22.8 Å². The first-order chi connectivity index (χ1) is 10.3. The molecule has 9 heteroatoms. The summed E-state index contributed by atoms with van der Waals surface area (Å²) in [6.07, 6.45) is -3.45. The molecule has 1 aliphatic rings. The van der Waals surface area contributed by atoms with Crippen molar-refractivity contribution in [3.63, 3.8) is 0 Å². The van der Waals surface area contributed by atoms with E-state index >= 15 is 0 Å². The lowest BCUT2D eigenvalue weighted by Gasteiger charge is -2.36. The van der Waals surface area contributed by atoms with E-state index in [2.05, 4.69) is 4.99 Å². The van der Waals surface area contributed by atoms with Crippen molar-refractivity contribution in [3.8, 4) is 0 Å². The van der Waals surface area contributed by atoms with Crippen LogP contribution in [0.15, 0.2) is 23.2 Å². The van der Waals surface area contributed by atoms with Gasteiger partial charge in [0.25, 0.3) is 0 Å². The molecule has 0 spiro atoms. The van der Waals surface area contributed by atoms with Gasteiger partial charge in [-0.2, -0.15) is 18.2 Å². The van der Waals surface area contributed by atoms with Crippen molar-refractivity contribution in [1.29, 1.82) is 0 Å². The van der Waals surface area contributed by atoms with Gasteiger partial charge in [-0.15, -0.1) is 0 Å². The van der Waals surface area contributed by atoms with E-state index in [1.807, 2.05) is 0 Å². The lowest BCUT2D eigenvalue weighted by Crippen LogP contribution is -2.52. The Morgan fingerprint density at radius 3 is 2.41 bits per heavy atom. The van der Waals surface area contributed by atoms with Crippen LogP contribution in [0.4, 0.5) is 24.5 Å². The topological polar surface area (TPSA) is 53.0 Å². The lowest BCUT2D eigenvalue weighted by atomic mass is 10.2. The maximum atomic E-state index is 12.4. The predicted molar refractivity (Wildman–Crippen MR) is 74.1 cm³/mol. The van der Waals surface area contributed by atoms with E-state index in [0.717, 1.165) is 4.90 Å². The van der Waals surface area contributed by atoms with Crippen LogP contribution in [0.2, 0.25) is 5.02 Å². The number of isocyanates is 1. The highest BCUT2D eigenvalue weighted by molar-refractivity contribution is 6.31. The molecular formula is C13H11ClF3N3O2. The molecule has 0 aliphatic carbocycles. The summed E-state index contributed by atoms with van der Waals surface area (Å²) in [5.74, 6) is -1.84. The smallest absolute Gasteiger partial charge is 0.366 e. The molecule has 1 aromatic rings. The zero-order chi connectivity index (χ0) is 16.3. The Morgan fingerprint density at radius 2 is 1.86 bits per heavy atom. The van der Waals surface area contributed by atoms with Crippen LogP contribution >= 0.6 is 11.6 Å². The molecule has 0 unspecified atom stereocenters. The Labute approximate surface area is 129 Å². The van der Waals surface area contributed by atoms with Crippen molar-refractivity contribution < 1.29 is 22.8 Å². The van der Waals surface area contributed by atoms with Gasteiger partial charge in [0.1, 0.15) is 5.69 Å². The molecule has 0 aromatic heterocycles. The van der Waals surface area contributed by atoms with Gasteiger partial charge in [0, 0.05) is 31.2 Å². The van der Waals surface area contributed by atoms with Crippen LogP contribution in [-0.4, -0.2) is 49.2 Å². The number of alkyl halides is 3. The average Bonchev–Trinajstić information content (AvgIpc) is 2.46. The fourth-order valence-corrected chi connectivity index (χ4v) is 2.40. The Bertz CT molecular complexity index is 621. The molecule has 0 N–H and O–H groups in total. The van der Waals surface area contributed by atoms with E-state index in [4.69, 9.17) is 11.6 Å². The number of hydrogen-bond donors (Lipinski definition) is 0. The van der Waals surface area contributed by atoms with E-state index in [1.54, 1.807) is 17.0 Å². The molecule has 0 radical (unpaired) electrons. The second-order valence-electron chi connectivity index (χ2n) is 4.61. The minimum Gasteiger partial charge on any atom is -0.366 e. The van der Waals surface area contributed by atoms with Crippen LogP contribution in [0.3, 0.4) is 0 Å². The van der Waals surface area contributed by atoms with Gasteiger partial charge in [-0.05, 0) is 18.2 Å². The minimum absolute atomic E-state index is 0.0643. The highest BCUT2D eigenvalue weighted by Crippen LogP contribution is 2.32. The van der Waals surface area contributed by atoms with Crippen LogP contribution in [0.5, 0.6) is 0 Å². The number of aliphatic imine (C=N–C) groups is 1. The number of benzene rings is 1. The molecule has 22 heavy (non-hydrogen) atoms. The number of halogens is 4. The Morgan fingerprint density at radius 1 is 1.23 bits per heavy atom. The molecule has 5 nitrogen and oxygen atoms in total. The number of amides is 1. The first-order valence-corrected chi connectivity index (χ1v) is 6.69. The average molecular weight is 334 g/mol. The Balaban J connectivity index is 2.12. The largest absolute Gasteiger partial charge is 0.471 e. The van der Waals surface area contributed by atoms with Gasteiger partial charge in [-0.25, -0.2) is 4.79 Å². The molecular weight excluding hydrogens is 323 g/mol. The van der Waals surface area contributed by atoms with Crippen molar-refractivity contribution in [1.82, 2.24) is 4.90 Å². The summed E-state index contributed by atoms with van der Waals surface area (Å²) < 4.78 is 37.2. The van der Waals surface area contributed by atoms with Crippen LogP contribution < -0.4 is 4.90 Å². The number of piperazine rings is 1. The van der Waals surface area contributed by atoms with Crippen LogP contribution in [-0.2, 0) is 9.59 Å². The van der Waals surface area contributed by atoms with E-state index in [1.165, 1.54) is 12.1 Å². The van der Waals surface area contributed by atoms with Gasteiger partial charge in [0.15, 0.2) is 0 Å². The van der Waals surface area contributed by atoms with E-state index < -0.39 is 12.1 Å². The molecule has 0 saturated carbocycles. The SMILES string of the molecule is O=C=Nc1cc(Cl)ccc1N1CCN(C(=O)C(F)(F)F)CC1. The molecule has 1 saturated heterocycles. The van der Waals surface area contributed by atoms with Crippen LogP contribution in [0.25, 0.3) is 0 Å². The van der Waals surface area contributed by atoms with Crippen molar-refractivity contribution in [2.24, 2.45) is 4.99 Å². The Kier molecular flexibility index (Phi) is 4.73. The van der Waals surface area contributed by atoms with Crippen LogP contribution in [0, 0.1) is 0 Å². The fraction of sp³-hybridized carbons (Fsp3) is 0.385. The third kappa shape index (κ3) is 3.58. The molecule has 1 aromatic carbocycles. The summed E-state index contributed by atoms with van der Waals surface area (Å²) in [5.41, 5.74) is 0.852. The van der Waals surface area contributed by atoms with Crippen molar-refractivity contribution in [3.05, 3.63) is 23.2 Å². The van der Waals surface area contributed by atoms with Crippen molar-refractivity contribution >= 4 is 35.0 Å². The summed E-state index contributed by atoms with van der Waals surface area (Å²) >= 11 is 5.82. The van der Waals surface area contributed by atoms with E-state index in [0.29, 0.717) is 10.7 Å². The number of nitrogens with zero attached hydrogens (tertiary/aromatic N) is 3. The number of hydrogen-bond acceptors (Lipinski definition) is 4. The molecule has 118 valence electrons. The molecule has 0 atom stereocenters. The summed E-state index contributed by atoms with van der Waals surface area (Å²) in [4.78, 5) is 27.7. The molecule has 2 rings (SSSR count). The summed E-state index contributed by atoms with van der Waals surface area (Å²) in [6.45, 7) is 0.270. The lowest BCUT2D eigenvalue weighted by molar-refractivity contribution is -0.185. The summed E-state index contributed by atoms with van der Waals surface area (Å²) in [5, 5.41) is 0.378. The zero-order valence-electron chi connectivity index (χ0n) is 11.2. The van der Waals surface area contributed by atoms with Gasteiger partial charge in [-0.3, -0.25) is 4.79 Å². The molecule has 1 aliphatic heterocycles. The first-order valence-electron chi connectivity index (χ1n) is 6.31. The second-order valence-corrected chi connectivity index (χ2v) is 5.05. The number of carbonyl (C=O) groups excluding carboxylic acids is 2. The van der Waals surface area contributed by atoms with Gasteiger partial charge >= 0.3 is 12.1 Å². The quantitative estimate of drug-likeness (QED) is 0.617. The molecule has 1 fully saturated rings. The third-order valence-corrected chi connectivity index (χ3v) is 3.49. The number of rotatable bonds is 2. The minimum atomic E-state index is -4.87. The molecule has 0 bridgehead atoms. The third-order valence-electron chi connectivity index (χ3n) is 3.25. The zero-order valence-corrected chi connectivity index (χ0v) is 12.0. The predicted octanol–water partition coefficient (Wildman–Crippen LogP) is 2.52. The fourth-order valence-electron chi connectivity index (χ4n) is 2.23. The number of anilines is 1. The molecule has 1 heterocycles. The maximum Gasteiger partial charge on any atom is 0.471 e. The normalized spacial score (nSPS) is 15.5. The number of carbonyl (C=O) groups is 1. The maximum absolute atomic E-state index is 12.4. The summed E-state index contributed by atoms with van der Waals surface area (Å²) in [6, 6.07) is 4.68. The molecule has 1 amide bonds. The van der Waals surface area contributed by atoms with Crippen molar-refractivity contribution in [2.45, 2.75) is 6.18 Å². The van der Waals surface area contributed by atoms with E-state index in [-0.39, 0.29) is 31.9 Å². The highest BCUT2D eigenvalue weighted by atomic mass is 35.5. The Hall–Kier alpha value is -2.05. The van der Waals surface area contributed by atoms with Gasteiger partial charge in [0.2, 0.25) is 6.08 Å². The van der Waals surface area contributed by atoms with Gasteiger partial charge in [0.05, 0.1) is 5.69 Å². The standard InChI is InChI=1S/C13H11ClF3N3O2/c14-9-1-2-11(10(7-9)18-8-21)19-3-5-20(6-4-19)12(22)13(15,16)17/h1-2,7H,3-6H2. The van der Waals surface area contributed by atoms with Gasteiger partial charge < -0.3 is 9.80 Å². The monoisotopic (exact) mass is 333 g/mol. The second kappa shape index (κ2) is 6.37. The first kappa shape index (κ1) is 16.3. The van der Waals surface area contributed by atoms with Crippen molar-refractivity contribution in [2.75, 3.05) is 31.1 Å². The summed E-state index contributed by atoms with van der Waals surface area (Å²) in [7, 11) is 0. The highest BCUT2D eigenvalue weighted by Gasteiger charge is 2.43.